The molecule has 0 bridgehead atoms. The van der Waals surface area contributed by atoms with Gasteiger partial charge in [0, 0.05) is 40.8 Å². The van der Waals surface area contributed by atoms with Gasteiger partial charge in [-0.05, 0) is 42.7 Å². The highest BCUT2D eigenvalue weighted by Gasteiger charge is 2.11. The number of hydrogen-bond acceptors (Lipinski definition) is 5. The van der Waals surface area contributed by atoms with Crippen LogP contribution in [0.25, 0.3) is 11.0 Å². The van der Waals surface area contributed by atoms with Gasteiger partial charge in [-0.15, -0.1) is 0 Å². The zero-order chi connectivity index (χ0) is 18.1. The molecule has 0 aliphatic carbocycles. The van der Waals surface area contributed by atoms with Crippen molar-refractivity contribution in [1.82, 2.24) is 0 Å². The van der Waals surface area contributed by atoms with Gasteiger partial charge in [0.2, 0.25) is 0 Å². The molecule has 1 aromatic heterocycles. The number of non-ortho nitro benzene ring substituents is 1. The summed E-state index contributed by atoms with van der Waals surface area (Å²) in [7, 11) is 0. The molecule has 0 atom stereocenters. The number of rotatable bonds is 4. The normalized spacial score (nSPS) is 10.8. The molecule has 25 heavy (non-hydrogen) atoms. The average Bonchev–Trinajstić information content (AvgIpc) is 2.55. The summed E-state index contributed by atoms with van der Waals surface area (Å²) in [6.07, 6.45) is 0. The molecular weight excluding hydrogens is 344 g/mol. The lowest BCUT2D eigenvalue weighted by Gasteiger charge is -2.11. The topological polar surface area (TPSA) is 85.4 Å². The second kappa shape index (κ2) is 6.57. The number of fused-ring (bicyclic) bond motifs is 1. The van der Waals surface area contributed by atoms with Crippen LogP contribution in [0.2, 0.25) is 5.02 Å². The Labute approximate surface area is 148 Å². The first-order chi connectivity index (χ1) is 11.8. The molecule has 2 aromatic carbocycles. The fourth-order valence-electron chi connectivity index (χ4n) is 2.60. The number of anilines is 1. The molecule has 0 radical (unpaired) electrons. The van der Waals surface area contributed by atoms with Crippen molar-refractivity contribution in [2.45, 2.75) is 20.4 Å². The van der Waals surface area contributed by atoms with Crippen molar-refractivity contribution in [1.29, 1.82) is 0 Å². The third kappa shape index (κ3) is 3.49. The molecule has 0 aliphatic heterocycles. The van der Waals surface area contributed by atoms with Gasteiger partial charge in [0.05, 0.1) is 4.92 Å². The molecule has 0 saturated heterocycles. The summed E-state index contributed by atoms with van der Waals surface area (Å²) >= 11 is 6.18. The Morgan fingerprint density at radius 3 is 2.64 bits per heavy atom. The first-order valence-electron chi connectivity index (χ1n) is 7.57. The zero-order valence-electron chi connectivity index (χ0n) is 13.6. The minimum absolute atomic E-state index is 0.00389. The van der Waals surface area contributed by atoms with Crippen LogP contribution in [-0.4, -0.2) is 4.92 Å². The van der Waals surface area contributed by atoms with Crippen molar-refractivity contribution >= 4 is 33.9 Å². The van der Waals surface area contributed by atoms with Gasteiger partial charge in [0.15, 0.2) is 0 Å². The van der Waals surface area contributed by atoms with Gasteiger partial charge in [-0.25, -0.2) is 4.79 Å². The Bertz CT molecular complexity index is 1040. The van der Waals surface area contributed by atoms with E-state index in [0.29, 0.717) is 28.4 Å². The van der Waals surface area contributed by atoms with Crippen LogP contribution < -0.4 is 10.9 Å². The van der Waals surface area contributed by atoms with Crippen LogP contribution >= 0.6 is 11.6 Å². The maximum Gasteiger partial charge on any atom is 0.336 e. The molecule has 0 aliphatic rings. The van der Waals surface area contributed by atoms with E-state index in [1.54, 1.807) is 18.2 Å². The van der Waals surface area contributed by atoms with Gasteiger partial charge < -0.3 is 9.73 Å². The maximum absolute atomic E-state index is 11.8. The molecular formula is C18H15ClN2O4. The standard InChI is InChI=1S/C18H15ClN2O4/c1-10-3-4-13(21(23)24)7-16(10)20-9-12-6-18(22)25-17-5-11(2)15(19)8-14(12)17/h3-8,20H,9H2,1-2H3. The smallest absolute Gasteiger partial charge is 0.336 e. The molecule has 0 saturated carbocycles. The number of nitrogens with one attached hydrogen (secondary N) is 1. The lowest BCUT2D eigenvalue weighted by Crippen LogP contribution is -2.07. The summed E-state index contributed by atoms with van der Waals surface area (Å²) in [6.45, 7) is 3.99. The van der Waals surface area contributed by atoms with E-state index < -0.39 is 10.5 Å². The molecule has 3 rings (SSSR count). The SMILES string of the molecule is Cc1cc2oc(=O)cc(CNc3cc([N+](=O)[O-])ccc3C)c2cc1Cl. The van der Waals surface area contributed by atoms with E-state index in [2.05, 4.69) is 5.32 Å². The molecule has 0 unspecified atom stereocenters. The van der Waals surface area contributed by atoms with Crippen LogP contribution in [0.4, 0.5) is 11.4 Å². The van der Waals surface area contributed by atoms with Crippen LogP contribution in [0.1, 0.15) is 16.7 Å². The summed E-state index contributed by atoms with van der Waals surface area (Å²) in [6, 6.07) is 9.48. The molecule has 7 heteroatoms. The van der Waals surface area contributed by atoms with Crippen molar-refractivity contribution < 1.29 is 9.34 Å². The molecule has 0 spiro atoms. The van der Waals surface area contributed by atoms with Crippen molar-refractivity contribution in [3.8, 4) is 0 Å². The first kappa shape index (κ1) is 17.0. The third-order valence-electron chi connectivity index (χ3n) is 4.01. The number of hydrogen-bond donors (Lipinski definition) is 1. The average molecular weight is 359 g/mol. The summed E-state index contributed by atoms with van der Waals surface area (Å²) in [5.41, 5.74) is 3.03. The van der Waals surface area contributed by atoms with E-state index in [9.17, 15) is 14.9 Å². The lowest BCUT2D eigenvalue weighted by molar-refractivity contribution is -0.384. The van der Waals surface area contributed by atoms with Gasteiger partial charge in [0.25, 0.3) is 5.69 Å². The fraction of sp³-hybridized carbons (Fsp3) is 0.167. The Hall–Kier alpha value is -2.86. The molecule has 128 valence electrons. The number of nitro groups is 1. The summed E-state index contributed by atoms with van der Waals surface area (Å²) in [5.74, 6) is 0. The van der Waals surface area contributed by atoms with Crippen LogP contribution in [0.3, 0.4) is 0 Å². The Kier molecular flexibility index (Phi) is 4.46. The van der Waals surface area contributed by atoms with E-state index in [4.69, 9.17) is 16.0 Å². The summed E-state index contributed by atoms with van der Waals surface area (Å²) in [4.78, 5) is 22.3. The van der Waals surface area contributed by atoms with E-state index in [1.807, 2.05) is 13.8 Å². The van der Waals surface area contributed by atoms with Crippen LogP contribution in [-0.2, 0) is 6.54 Å². The van der Waals surface area contributed by atoms with Crippen LogP contribution in [0, 0.1) is 24.0 Å². The molecule has 1 heterocycles. The highest BCUT2D eigenvalue weighted by molar-refractivity contribution is 6.32. The maximum atomic E-state index is 11.8. The Morgan fingerprint density at radius 2 is 1.92 bits per heavy atom. The van der Waals surface area contributed by atoms with Gasteiger partial charge >= 0.3 is 5.63 Å². The third-order valence-corrected chi connectivity index (χ3v) is 4.42. The van der Waals surface area contributed by atoms with Gasteiger partial charge in [0.1, 0.15) is 5.58 Å². The second-order valence-electron chi connectivity index (χ2n) is 5.80. The van der Waals surface area contributed by atoms with E-state index in [1.165, 1.54) is 18.2 Å². The Morgan fingerprint density at radius 1 is 1.16 bits per heavy atom. The minimum Gasteiger partial charge on any atom is -0.423 e. The van der Waals surface area contributed by atoms with Gasteiger partial charge in [-0.1, -0.05) is 17.7 Å². The highest BCUT2D eigenvalue weighted by Crippen LogP contribution is 2.27. The summed E-state index contributed by atoms with van der Waals surface area (Å²) < 4.78 is 5.23. The van der Waals surface area contributed by atoms with E-state index >= 15 is 0 Å². The fourth-order valence-corrected chi connectivity index (χ4v) is 2.76. The molecule has 0 fully saturated rings. The molecule has 1 N–H and O–H groups in total. The van der Waals surface area contributed by atoms with Crippen molar-refractivity contribution in [3.05, 3.63) is 78.6 Å². The Balaban J connectivity index is 1.99. The quantitative estimate of drug-likeness (QED) is 0.419. The number of nitro benzene ring substituents is 1. The number of nitrogens with zero attached hydrogens (tertiary/aromatic N) is 1. The molecule has 0 amide bonds. The van der Waals surface area contributed by atoms with Gasteiger partial charge in [-0.2, -0.15) is 0 Å². The van der Waals surface area contributed by atoms with E-state index in [0.717, 1.165) is 16.5 Å². The monoisotopic (exact) mass is 358 g/mol. The summed E-state index contributed by atoms with van der Waals surface area (Å²) in [5, 5.41) is 15.4. The largest absolute Gasteiger partial charge is 0.423 e. The van der Waals surface area contributed by atoms with Crippen LogP contribution in [0.15, 0.2) is 45.6 Å². The van der Waals surface area contributed by atoms with Crippen molar-refractivity contribution in [2.75, 3.05) is 5.32 Å². The van der Waals surface area contributed by atoms with E-state index in [-0.39, 0.29) is 5.69 Å². The molecule has 3 aromatic rings. The van der Waals surface area contributed by atoms with Crippen molar-refractivity contribution in [2.24, 2.45) is 0 Å². The second-order valence-corrected chi connectivity index (χ2v) is 6.21. The zero-order valence-corrected chi connectivity index (χ0v) is 14.4. The molecule has 6 nitrogen and oxygen atoms in total. The lowest BCUT2D eigenvalue weighted by atomic mass is 10.1. The number of benzene rings is 2. The van der Waals surface area contributed by atoms with Crippen molar-refractivity contribution in [3.63, 3.8) is 0 Å². The predicted molar refractivity (Wildman–Crippen MR) is 97.4 cm³/mol. The minimum atomic E-state index is -0.457. The number of halogens is 1. The van der Waals surface area contributed by atoms with Gasteiger partial charge in [-0.3, -0.25) is 10.1 Å². The highest BCUT2D eigenvalue weighted by atomic mass is 35.5. The predicted octanol–water partition coefficient (Wildman–Crippen LogP) is 4.58. The first-order valence-corrected chi connectivity index (χ1v) is 7.95. The number of aryl methyl sites for hydroxylation is 2. The van der Waals surface area contributed by atoms with Crippen LogP contribution in [0.5, 0.6) is 0 Å².